The van der Waals surface area contributed by atoms with Crippen LogP contribution in [0, 0.1) is 5.41 Å². The lowest BCUT2D eigenvalue weighted by Crippen LogP contribution is -2.72. The smallest absolute Gasteiger partial charge is 0.266 e. The van der Waals surface area contributed by atoms with Gasteiger partial charge in [0.1, 0.15) is 17.6 Å². The van der Waals surface area contributed by atoms with Crippen molar-refractivity contribution < 1.29 is 19.4 Å². The summed E-state index contributed by atoms with van der Waals surface area (Å²) >= 11 is 0. The second-order valence-corrected chi connectivity index (χ2v) is 8.12. The first-order chi connectivity index (χ1) is 14.0. The van der Waals surface area contributed by atoms with Gasteiger partial charge in [0.05, 0.1) is 11.5 Å². The molecule has 2 aromatic carbocycles. The Labute approximate surface area is 171 Å². The molecule has 0 saturated carbocycles. The quantitative estimate of drug-likeness (QED) is 0.766. The Morgan fingerprint density at radius 2 is 1.79 bits per heavy atom. The number of hydrogen-bond donors (Lipinski definition) is 1. The summed E-state index contributed by atoms with van der Waals surface area (Å²) in [5.74, 6) is 0.473. The minimum atomic E-state index is -0.947. The fraction of sp³-hybridized carbons (Fsp3) is 0.417. The van der Waals surface area contributed by atoms with Gasteiger partial charge in [-0.05, 0) is 50.3 Å². The van der Waals surface area contributed by atoms with Crippen molar-refractivity contribution in [2.75, 3.05) is 6.54 Å². The van der Waals surface area contributed by atoms with E-state index < -0.39 is 23.7 Å². The Bertz CT molecular complexity index is 869. The van der Waals surface area contributed by atoms with E-state index in [1.165, 1.54) is 0 Å². The van der Waals surface area contributed by atoms with E-state index in [1.54, 1.807) is 24.0 Å². The van der Waals surface area contributed by atoms with E-state index >= 15 is 0 Å². The lowest BCUT2D eigenvalue weighted by molar-refractivity contribution is -0.179. The number of ketones is 1. The van der Waals surface area contributed by atoms with Crippen LogP contribution < -0.4 is 4.74 Å². The van der Waals surface area contributed by atoms with Gasteiger partial charge in [0.2, 0.25) is 0 Å². The highest BCUT2D eigenvalue weighted by atomic mass is 16.5. The first kappa shape index (κ1) is 19.6. The summed E-state index contributed by atoms with van der Waals surface area (Å²) < 4.78 is 5.93. The number of aryl methyl sites for hydroxylation is 1. The van der Waals surface area contributed by atoms with E-state index in [2.05, 4.69) is 0 Å². The maximum Gasteiger partial charge on any atom is 0.266 e. The van der Waals surface area contributed by atoms with Crippen molar-refractivity contribution in [2.45, 2.75) is 50.9 Å². The Morgan fingerprint density at radius 1 is 1.14 bits per heavy atom. The SMILES string of the molecule is CC(=O)[C@]1(CCc2ccccc2)CCCN2C(=O)[C@H](Oc3ccccc3)[C@@H]2[C@@H]1O. The number of amides is 1. The van der Waals surface area contributed by atoms with Crippen molar-refractivity contribution >= 4 is 11.7 Å². The van der Waals surface area contributed by atoms with Crippen molar-refractivity contribution in [3.63, 3.8) is 0 Å². The topological polar surface area (TPSA) is 66.8 Å². The molecule has 2 saturated heterocycles. The molecular formula is C24H27NO4. The summed E-state index contributed by atoms with van der Waals surface area (Å²) in [6, 6.07) is 18.7. The van der Waals surface area contributed by atoms with Crippen LogP contribution in [0.3, 0.4) is 0 Å². The summed E-state index contributed by atoms with van der Waals surface area (Å²) in [5.41, 5.74) is 0.275. The van der Waals surface area contributed by atoms with Crippen molar-refractivity contribution in [1.29, 1.82) is 0 Å². The maximum atomic E-state index is 12.8. The lowest BCUT2D eigenvalue weighted by Gasteiger charge is -2.50. The molecule has 0 unspecified atom stereocenters. The van der Waals surface area contributed by atoms with E-state index in [0.717, 1.165) is 5.56 Å². The number of carbonyl (C=O) groups excluding carboxylic acids is 2. The van der Waals surface area contributed by atoms with Crippen LogP contribution in [0.4, 0.5) is 0 Å². The van der Waals surface area contributed by atoms with Crippen LogP contribution in [-0.4, -0.2) is 46.5 Å². The molecule has 5 nitrogen and oxygen atoms in total. The molecule has 2 heterocycles. The highest BCUT2D eigenvalue weighted by Gasteiger charge is 2.60. The van der Waals surface area contributed by atoms with Crippen LogP contribution in [-0.2, 0) is 16.0 Å². The second kappa shape index (κ2) is 7.99. The van der Waals surface area contributed by atoms with E-state index in [4.69, 9.17) is 4.74 Å². The van der Waals surface area contributed by atoms with Crippen molar-refractivity contribution in [3.05, 3.63) is 66.2 Å². The van der Waals surface area contributed by atoms with Gasteiger partial charge in [-0.3, -0.25) is 9.59 Å². The summed E-state index contributed by atoms with van der Waals surface area (Å²) in [6.07, 6.45) is 0.853. The largest absolute Gasteiger partial charge is 0.478 e. The van der Waals surface area contributed by atoms with E-state index in [0.29, 0.717) is 38.0 Å². The molecule has 2 aromatic rings. The summed E-state index contributed by atoms with van der Waals surface area (Å²) in [7, 11) is 0. The monoisotopic (exact) mass is 393 g/mol. The molecule has 4 atom stereocenters. The predicted octanol–water partition coefficient (Wildman–Crippen LogP) is 3.01. The zero-order chi connectivity index (χ0) is 20.4. The van der Waals surface area contributed by atoms with Gasteiger partial charge >= 0.3 is 0 Å². The average molecular weight is 393 g/mol. The molecule has 2 aliphatic rings. The number of Topliss-reactive ketones (excluding diaryl/α,β-unsaturated/α-hetero) is 1. The van der Waals surface area contributed by atoms with Crippen molar-refractivity contribution in [2.24, 2.45) is 5.41 Å². The predicted molar refractivity (Wildman–Crippen MR) is 109 cm³/mol. The molecule has 0 aliphatic carbocycles. The molecule has 0 spiro atoms. The fourth-order valence-corrected chi connectivity index (χ4v) is 4.78. The molecular weight excluding hydrogens is 366 g/mol. The summed E-state index contributed by atoms with van der Waals surface area (Å²) in [5, 5.41) is 11.4. The third-order valence-corrected chi connectivity index (χ3v) is 6.52. The van der Waals surface area contributed by atoms with Crippen LogP contribution in [0.1, 0.15) is 31.7 Å². The number of β-lactam (4-membered cyclic amide) rings is 1. The number of fused-ring (bicyclic) bond motifs is 1. The first-order valence-corrected chi connectivity index (χ1v) is 10.3. The molecule has 1 N–H and O–H groups in total. The summed E-state index contributed by atoms with van der Waals surface area (Å²) in [4.78, 5) is 27.2. The zero-order valence-electron chi connectivity index (χ0n) is 16.7. The third-order valence-electron chi connectivity index (χ3n) is 6.52. The number of hydrogen-bond acceptors (Lipinski definition) is 4. The number of ether oxygens (including phenoxy) is 1. The minimum Gasteiger partial charge on any atom is -0.478 e. The van der Waals surface area contributed by atoms with E-state index in [9.17, 15) is 14.7 Å². The van der Waals surface area contributed by atoms with Crippen LogP contribution in [0.25, 0.3) is 0 Å². The van der Waals surface area contributed by atoms with Crippen LogP contribution >= 0.6 is 0 Å². The van der Waals surface area contributed by atoms with Gasteiger partial charge < -0.3 is 14.7 Å². The van der Waals surface area contributed by atoms with Gasteiger partial charge in [-0.2, -0.15) is 0 Å². The highest BCUT2D eigenvalue weighted by molar-refractivity contribution is 5.90. The number of para-hydroxylation sites is 1. The van der Waals surface area contributed by atoms with Gasteiger partial charge in [0.25, 0.3) is 5.91 Å². The minimum absolute atomic E-state index is 0.0133. The average Bonchev–Trinajstić information content (AvgIpc) is 2.87. The number of rotatable bonds is 6. The normalized spacial score (nSPS) is 28.8. The van der Waals surface area contributed by atoms with Crippen molar-refractivity contribution in [3.8, 4) is 5.75 Å². The Morgan fingerprint density at radius 3 is 2.45 bits per heavy atom. The molecule has 2 fully saturated rings. The number of benzene rings is 2. The Hall–Kier alpha value is -2.66. The molecule has 0 aromatic heterocycles. The molecule has 0 bridgehead atoms. The fourth-order valence-electron chi connectivity index (χ4n) is 4.78. The molecule has 29 heavy (non-hydrogen) atoms. The lowest BCUT2D eigenvalue weighted by atomic mass is 9.67. The highest BCUT2D eigenvalue weighted by Crippen LogP contribution is 2.44. The zero-order valence-corrected chi connectivity index (χ0v) is 16.7. The number of aliphatic hydroxyl groups is 1. The molecule has 4 rings (SSSR count). The molecule has 5 heteroatoms. The van der Waals surface area contributed by atoms with Gasteiger partial charge in [-0.15, -0.1) is 0 Å². The summed E-state index contributed by atoms with van der Waals surface area (Å²) in [6.45, 7) is 2.12. The molecule has 1 amide bonds. The van der Waals surface area contributed by atoms with Gasteiger partial charge in [0, 0.05) is 6.54 Å². The van der Waals surface area contributed by atoms with Crippen molar-refractivity contribution in [1.82, 2.24) is 4.90 Å². The van der Waals surface area contributed by atoms with Crippen LogP contribution in [0.5, 0.6) is 5.75 Å². The van der Waals surface area contributed by atoms with Crippen LogP contribution in [0.15, 0.2) is 60.7 Å². The standard InChI is InChI=1S/C24H27NO4/c1-17(26)24(15-13-18-9-4-2-5-10-18)14-8-16-25-20(22(24)27)21(23(25)28)29-19-11-6-3-7-12-19/h2-7,9-12,20-22,27H,8,13-16H2,1H3/t20-,21-,22+,24-/m1/s1. The second-order valence-electron chi connectivity index (χ2n) is 8.12. The maximum absolute atomic E-state index is 12.8. The van der Waals surface area contributed by atoms with Gasteiger partial charge in [-0.25, -0.2) is 0 Å². The number of carbonyl (C=O) groups is 2. The number of aliphatic hydroxyl groups excluding tert-OH is 1. The number of nitrogens with zero attached hydrogens (tertiary/aromatic N) is 1. The molecule has 0 radical (unpaired) electrons. The van der Waals surface area contributed by atoms with Crippen LogP contribution in [0.2, 0.25) is 0 Å². The van der Waals surface area contributed by atoms with E-state index in [1.807, 2.05) is 48.5 Å². The van der Waals surface area contributed by atoms with Gasteiger partial charge in [-0.1, -0.05) is 48.5 Å². The Kier molecular flexibility index (Phi) is 5.41. The molecule has 2 aliphatic heterocycles. The van der Waals surface area contributed by atoms with Gasteiger partial charge in [0.15, 0.2) is 6.10 Å². The third kappa shape index (κ3) is 3.55. The van der Waals surface area contributed by atoms with E-state index in [-0.39, 0.29) is 11.7 Å². The Balaban J connectivity index is 1.58. The first-order valence-electron chi connectivity index (χ1n) is 10.3. The molecule has 152 valence electrons.